The van der Waals surface area contributed by atoms with Gasteiger partial charge in [-0.15, -0.1) is 0 Å². The van der Waals surface area contributed by atoms with Gasteiger partial charge in [0.2, 0.25) is 0 Å². The smallest absolute Gasteiger partial charge is 0.407 e. The van der Waals surface area contributed by atoms with E-state index in [1.807, 2.05) is 20.8 Å². The molecule has 1 amide bonds. The summed E-state index contributed by atoms with van der Waals surface area (Å²) in [6.07, 6.45) is 0.596. The fourth-order valence-corrected chi connectivity index (χ4v) is 1.54. The first-order valence-electron chi connectivity index (χ1n) is 6.58. The Kier molecular flexibility index (Phi) is 7.95. The number of ether oxygens (including phenoxy) is 1. The first kappa shape index (κ1) is 17.2. The Bertz CT molecular complexity index is 237. The molecular formula is C13H29N3O2. The number of alkyl carbamates (subject to hydrolysis) is 1. The predicted molar refractivity (Wildman–Crippen MR) is 74.7 cm³/mol. The quantitative estimate of drug-likeness (QED) is 0.559. The molecule has 0 aromatic carbocycles. The molecule has 0 radical (unpaired) electrons. The van der Waals surface area contributed by atoms with Gasteiger partial charge in [-0.25, -0.2) is 4.79 Å². The largest absolute Gasteiger partial charge is 0.444 e. The second-order valence-electron chi connectivity index (χ2n) is 5.71. The van der Waals surface area contributed by atoms with Crippen LogP contribution in [0.5, 0.6) is 0 Å². The van der Waals surface area contributed by atoms with Crippen LogP contribution in [0.1, 0.15) is 34.1 Å². The van der Waals surface area contributed by atoms with Crippen molar-refractivity contribution in [3.8, 4) is 0 Å². The van der Waals surface area contributed by atoms with Crippen molar-refractivity contribution in [3.05, 3.63) is 0 Å². The van der Waals surface area contributed by atoms with Gasteiger partial charge in [0.1, 0.15) is 5.60 Å². The van der Waals surface area contributed by atoms with Gasteiger partial charge in [-0.3, -0.25) is 9.80 Å². The summed E-state index contributed by atoms with van der Waals surface area (Å²) in [5.41, 5.74) is -0.426. The van der Waals surface area contributed by atoms with Crippen LogP contribution in [0.15, 0.2) is 0 Å². The second kappa shape index (κ2) is 8.32. The molecule has 0 aliphatic heterocycles. The van der Waals surface area contributed by atoms with Crippen molar-refractivity contribution in [1.29, 1.82) is 0 Å². The fourth-order valence-electron chi connectivity index (χ4n) is 1.54. The zero-order valence-corrected chi connectivity index (χ0v) is 12.7. The number of nitrogens with one attached hydrogen (secondary N) is 1. The molecule has 0 heterocycles. The van der Waals surface area contributed by atoms with Crippen LogP contribution in [0.4, 0.5) is 4.79 Å². The minimum atomic E-state index is -0.426. The molecule has 5 heteroatoms. The zero-order chi connectivity index (χ0) is 14.2. The molecule has 108 valence electrons. The number of rotatable bonds is 7. The van der Waals surface area contributed by atoms with Crippen molar-refractivity contribution in [2.75, 3.05) is 40.4 Å². The van der Waals surface area contributed by atoms with Crippen LogP contribution in [0, 0.1) is 0 Å². The van der Waals surface area contributed by atoms with Crippen LogP contribution in [0.3, 0.4) is 0 Å². The lowest BCUT2D eigenvalue weighted by atomic mass is 10.2. The summed E-state index contributed by atoms with van der Waals surface area (Å²) in [6.45, 7) is 11.3. The molecule has 1 N–H and O–H groups in total. The molecule has 0 unspecified atom stereocenters. The lowest BCUT2D eigenvalue weighted by Gasteiger charge is -2.24. The Labute approximate surface area is 111 Å². The van der Waals surface area contributed by atoms with E-state index in [-0.39, 0.29) is 6.09 Å². The van der Waals surface area contributed by atoms with Crippen LogP contribution in [-0.4, -0.2) is 61.9 Å². The van der Waals surface area contributed by atoms with Crippen LogP contribution in [0.25, 0.3) is 0 Å². The van der Waals surface area contributed by atoms with Gasteiger partial charge in [0.25, 0.3) is 0 Å². The SMILES string of the molecule is CCN(CCCNC(=O)OC(C)(C)C)CN(C)C. The van der Waals surface area contributed by atoms with Crippen LogP contribution in [0.2, 0.25) is 0 Å². The second-order valence-corrected chi connectivity index (χ2v) is 5.71. The average Bonchev–Trinajstić information content (AvgIpc) is 2.19. The van der Waals surface area contributed by atoms with E-state index in [2.05, 4.69) is 36.1 Å². The van der Waals surface area contributed by atoms with E-state index in [0.29, 0.717) is 6.54 Å². The molecule has 0 spiro atoms. The van der Waals surface area contributed by atoms with Crippen LogP contribution < -0.4 is 5.32 Å². The Hall–Kier alpha value is -0.810. The van der Waals surface area contributed by atoms with E-state index >= 15 is 0 Å². The number of hydrogen-bond acceptors (Lipinski definition) is 4. The Morgan fingerprint density at radius 3 is 2.33 bits per heavy atom. The standard InChI is InChI=1S/C13H29N3O2/c1-7-16(11-15(5)6)10-8-9-14-12(17)18-13(2,3)4/h7-11H2,1-6H3,(H,14,17). The molecule has 0 rings (SSSR count). The summed E-state index contributed by atoms with van der Waals surface area (Å²) in [7, 11) is 4.11. The van der Waals surface area contributed by atoms with Gasteiger partial charge in [0, 0.05) is 13.1 Å². The summed E-state index contributed by atoms with van der Waals surface area (Å²) in [4.78, 5) is 15.9. The maximum atomic E-state index is 11.4. The topological polar surface area (TPSA) is 44.8 Å². The van der Waals surface area contributed by atoms with E-state index < -0.39 is 5.60 Å². The van der Waals surface area contributed by atoms with Gasteiger partial charge in [-0.05, 0) is 47.8 Å². The zero-order valence-electron chi connectivity index (χ0n) is 12.7. The van der Waals surface area contributed by atoms with E-state index in [1.54, 1.807) is 0 Å². The molecule has 0 aromatic rings. The summed E-state index contributed by atoms with van der Waals surface area (Å²) < 4.78 is 5.16. The van der Waals surface area contributed by atoms with E-state index in [0.717, 1.165) is 26.2 Å². The number of nitrogens with zero attached hydrogens (tertiary/aromatic N) is 2. The van der Waals surface area contributed by atoms with Crippen LogP contribution >= 0.6 is 0 Å². The molecule has 5 nitrogen and oxygen atoms in total. The minimum Gasteiger partial charge on any atom is -0.444 e. The van der Waals surface area contributed by atoms with E-state index in [1.165, 1.54) is 0 Å². The van der Waals surface area contributed by atoms with Crippen LogP contribution in [-0.2, 0) is 4.74 Å². The average molecular weight is 259 g/mol. The first-order valence-corrected chi connectivity index (χ1v) is 6.58. The molecule has 18 heavy (non-hydrogen) atoms. The number of carbonyl (C=O) groups is 1. The number of hydrogen-bond donors (Lipinski definition) is 1. The molecule has 0 bridgehead atoms. The van der Waals surface area contributed by atoms with Gasteiger partial charge in [-0.1, -0.05) is 6.92 Å². The number of carbonyl (C=O) groups excluding carboxylic acids is 1. The van der Waals surface area contributed by atoms with E-state index in [4.69, 9.17) is 4.74 Å². The van der Waals surface area contributed by atoms with Gasteiger partial charge in [0.05, 0.1) is 6.67 Å². The highest BCUT2D eigenvalue weighted by Gasteiger charge is 2.15. The van der Waals surface area contributed by atoms with Gasteiger partial charge < -0.3 is 10.1 Å². The normalized spacial score (nSPS) is 12.0. The third-order valence-electron chi connectivity index (χ3n) is 2.25. The van der Waals surface area contributed by atoms with E-state index in [9.17, 15) is 4.79 Å². The highest BCUT2D eigenvalue weighted by molar-refractivity contribution is 5.67. The fraction of sp³-hybridized carbons (Fsp3) is 0.923. The third kappa shape index (κ3) is 10.4. The lowest BCUT2D eigenvalue weighted by molar-refractivity contribution is 0.0525. The third-order valence-corrected chi connectivity index (χ3v) is 2.25. The van der Waals surface area contributed by atoms with Crippen molar-refractivity contribution >= 4 is 6.09 Å². The van der Waals surface area contributed by atoms with Crippen molar-refractivity contribution in [2.24, 2.45) is 0 Å². The maximum absolute atomic E-state index is 11.4. The summed E-state index contributed by atoms with van der Waals surface area (Å²) >= 11 is 0. The highest BCUT2D eigenvalue weighted by atomic mass is 16.6. The number of amides is 1. The van der Waals surface area contributed by atoms with Gasteiger partial charge in [0.15, 0.2) is 0 Å². The van der Waals surface area contributed by atoms with Crippen molar-refractivity contribution in [2.45, 2.75) is 39.7 Å². The molecule has 0 fully saturated rings. The van der Waals surface area contributed by atoms with Gasteiger partial charge >= 0.3 is 6.09 Å². The molecule has 0 aromatic heterocycles. The van der Waals surface area contributed by atoms with Crippen molar-refractivity contribution < 1.29 is 9.53 Å². The Morgan fingerprint density at radius 1 is 1.28 bits per heavy atom. The summed E-state index contributed by atoms with van der Waals surface area (Å²) in [6, 6.07) is 0. The van der Waals surface area contributed by atoms with Crippen molar-refractivity contribution in [3.63, 3.8) is 0 Å². The van der Waals surface area contributed by atoms with Gasteiger partial charge in [-0.2, -0.15) is 0 Å². The maximum Gasteiger partial charge on any atom is 0.407 e. The first-order chi connectivity index (χ1) is 8.24. The molecule has 0 saturated carbocycles. The van der Waals surface area contributed by atoms with Crippen molar-refractivity contribution in [1.82, 2.24) is 15.1 Å². The lowest BCUT2D eigenvalue weighted by Crippen LogP contribution is -2.37. The Balaban J connectivity index is 3.68. The molecule has 0 aliphatic rings. The molecular weight excluding hydrogens is 230 g/mol. The monoisotopic (exact) mass is 259 g/mol. The molecule has 0 aliphatic carbocycles. The molecule has 0 saturated heterocycles. The molecule has 0 atom stereocenters. The minimum absolute atomic E-state index is 0.335. The summed E-state index contributed by atoms with van der Waals surface area (Å²) in [5, 5.41) is 2.77. The summed E-state index contributed by atoms with van der Waals surface area (Å²) in [5.74, 6) is 0. The highest BCUT2D eigenvalue weighted by Crippen LogP contribution is 2.06. The Morgan fingerprint density at radius 2 is 1.89 bits per heavy atom. The predicted octanol–water partition coefficient (Wildman–Crippen LogP) is 1.74.